The van der Waals surface area contributed by atoms with Crippen molar-refractivity contribution in [3.63, 3.8) is 0 Å². The lowest BCUT2D eigenvalue weighted by atomic mass is 10.2. The SMILES string of the molecule is CC(C)S(=O)(=O)N(C)CCCCCCl. The van der Waals surface area contributed by atoms with Crippen molar-refractivity contribution < 1.29 is 8.42 Å². The maximum Gasteiger partial charge on any atom is 0.216 e. The molecule has 0 fully saturated rings. The van der Waals surface area contributed by atoms with Crippen LogP contribution < -0.4 is 0 Å². The highest BCUT2D eigenvalue weighted by atomic mass is 35.5. The Kier molecular flexibility index (Phi) is 6.74. The summed E-state index contributed by atoms with van der Waals surface area (Å²) in [7, 11) is -1.43. The van der Waals surface area contributed by atoms with Gasteiger partial charge in [-0.2, -0.15) is 0 Å². The summed E-state index contributed by atoms with van der Waals surface area (Å²) in [5.74, 6) is 0.653. The van der Waals surface area contributed by atoms with Crippen LogP contribution in [-0.4, -0.2) is 37.4 Å². The minimum absolute atomic E-state index is 0.333. The Morgan fingerprint density at radius 2 is 1.79 bits per heavy atom. The average Bonchev–Trinajstić information content (AvgIpc) is 2.11. The minimum Gasteiger partial charge on any atom is -0.212 e. The fraction of sp³-hybridized carbons (Fsp3) is 1.00. The molecule has 0 spiro atoms. The molecule has 0 N–H and O–H groups in total. The van der Waals surface area contributed by atoms with Crippen LogP contribution in [0.4, 0.5) is 0 Å². The number of halogens is 1. The third kappa shape index (κ3) is 4.62. The maximum absolute atomic E-state index is 11.6. The summed E-state index contributed by atoms with van der Waals surface area (Å²) in [5.41, 5.74) is 0. The molecule has 0 aliphatic rings. The van der Waals surface area contributed by atoms with Gasteiger partial charge in [-0.3, -0.25) is 0 Å². The lowest BCUT2D eigenvalue weighted by Gasteiger charge is -2.19. The molecule has 5 heteroatoms. The van der Waals surface area contributed by atoms with E-state index in [0.717, 1.165) is 19.3 Å². The number of hydrogen-bond acceptors (Lipinski definition) is 2. The second-order valence-corrected chi connectivity index (χ2v) is 6.64. The highest BCUT2D eigenvalue weighted by Crippen LogP contribution is 2.08. The van der Waals surface area contributed by atoms with Crippen molar-refractivity contribution >= 4 is 21.6 Å². The van der Waals surface area contributed by atoms with Crippen LogP contribution in [0.2, 0.25) is 0 Å². The summed E-state index contributed by atoms with van der Waals surface area (Å²) >= 11 is 5.53. The van der Waals surface area contributed by atoms with Gasteiger partial charge in [0.25, 0.3) is 0 Å². The molecular formula is C9H20ClNO2S. The lowest BCUT2D eigenvalue weighted by molar-refractivity contribution is 0.448. The first-order valence-electron chi connectivity index (χ1n) is 4.94. The quantitative estimate of drug-likeness (QED) is 0.506. The summed E-state index contributed by atoms with van der Waals surface area (Å²) in [6.07, 6.45) is 2.83. The molecule has 0 aromatic rings. The van der Waals surface area contributed by atoms with Gasteiger partial charge in [0.2, 0.25) is 10.0 Å². The Balaban J connectivity index is 3.90. The van der Waals surface area contributed by atoms with Gasteiger partial charge in [0, 0.05) is 19.5 Å². The van der Waals surface area contributed by atoms with Gasteiger partial charge in [-0.25, -0.2) is 12.7 Å². The number of unbranched alkanes of at least 4 members (excludes halogenated alkanes) is 2. The molecule has 0 atom stereocenters. The molecule has 0 unspecified atom stereocenters. The molecule has 0 saturated heterocycles. The highest BCUT2D eigenvalue weighted by molar-refractivity contribution is 7.89. The predicted molar refractivity (Wildman–Crippen MR) is 61.3 cm³/mol. The van der Waals surface area contributed by atoms with Gasteiger partial charge >= 0.3 is 0 Å². The number of nitrogens with zero attached hydrogens (tertiary/aromatic N) is 1. The fourth-order valence-electron chi connectivity index (χ4n) is 1.09. The maximum atomic E-state index is 11.6. The zero-order valence-corrected chi connectivity index (χ0v) is 10.7. The third-order valence-electron chi connectivity index (χ3n) is 2.14. The Hall–Kier alpha value is 0.200. The summed E-state index contributed by atoms with van der Waals surface area (Å²) in [4.78, 5) is 0. The normalized spacial score (nSPS) is 12.7. The van der Waals surface area contributed by atoms with E-state index >= 15 is 0 Å². The van der Waals surface area contributed by atoms with Crippen LogP contribution in [0, 0.1) is 0 Å². The average molecular weight is 242 g/mol. The first kappa shape index (κ1) is 14.2. The van der Waals surface area contributed by atoms with E-state index < -0.39 is 10.0 Å². The first-order valence-corrected chi connectivity index (χ1v) is 6.97. The van der Waals surface area contributed by atoms with Gasteiger partial charge in [-0.1, -0.05) is 6.42 Å². The predicted octanol–water partition coefficient (Wildman–Crippen LogP) is 2.07. The van der Waals surface area contributed by atoms with E-state index in [1.807, 2.05) is 0 Å². The monoisotopic (exact) mass is 241 g/mol. The molecule has 0 aliphatic heterocycles. The number of rotatable bonds is 7. The number of sulfonamides is 1. The molecule has 0 bridgehead atoms. The minimum atomic E-state index is -3.06. The largest absolute Gasteiger partial charge is 0.216 e. The third-order valence-corrected chi connectivity index (χ3v) is 4.65. The van der Waals surface area contributed by atoms with E-state index in [2.05, 4.69) is 0 Å². The first-order chi connectivity index (χ1) is 6.42. The molecule has 0 aromatic heterocycles. The molecule has 0 amide bonds. The molecule has 86 valence electrons. The van der Waals surface area contributed by atoms with Gasteiger partial charge in [0.1, 0.15) is 0 Å². The molecule has 0 rings (SSSR count). The van der Waals surface area contributed by atoms with Gasteiger partial charge in [0.05, 0.1) is 5.25 Å². The number of alkyl halides is 1. The second kappa shape index (κ2) is 6.64. The van der Waals surface area contributed by atoms with Crippen LogP contribution in [0.15, 0.2) is 0 Å². The van der Waals surface area contributed by atoms with Crippen LogP contribution in [0.3, 0.4) is 0 Å². The van der Waals surface area contributed by atoms with Gasteiger partial charge in [-0.05, 0) is 26.7 Å². The lowest BCUT2D eigenvalue weighted by Crippen LogP contribution is -2.33. The van der Waals surface area contributed by atoms with Crippen molar-refractivity contribution in [2.45, 2.75) is 38.4 Å². The fourth-order valence-corrected chi connectivity index (χ4v) is 2.39. The molecule has 0 saturated carbocycles. The van der Waals surface area contributed by atoms with Gasteiger partial charge in [-0.15, -0.1) is 11.6 Å². The molecule has 14 heavy (non-hydrogen) atoms. The summed E-state index contributed by atoms with van der Waals surface area (Å²) in [6, 6.07) is 0. The molecule has 0 aromatic carbocycles. The van der Waals surface area contributed by atoms with Crippen molar-refractivity contribution in [3.05, 3.63) is 0 Å². The molecule has 0 aliphatic carbocycles. The number of hydrogen-bond donors (Lipinski definition) is 0. The smallest absolute Gasteiger partial charge is 0.212 e. The van der Waals surface area contributed by atoms with E-state index in [-0.39, 0.29) is 5.25 Å². The van der Waals surface area contributed by atoms with Crippen LogP contribution in [-0.2, 0) is 10.0 Å². The molecule has 0 heterocycles. The second-order valence-electron chi connectivity index (χ2n) is 3.66. The van der Waals surface area contributed by atoms with Crippen molar-refractivity contribution in [2.24, 2.45) is 0 Å². The van der Waals surface area contributed by atoms with Gasteiger partial charge < -0.3 is 0 Å². The van der Waals surface area contributed by atoms with Crippen LogP contribution in [0.1, 0.15) is 33.1 Å². The van der Waals surface area contributed by atoms with Crippen molar-refractivity contribution in [1.29, 1.82) is 0 Å². The van der Waals surface area contributed by atoms with Crippen LogP contribution in [0.25, 0.3) is 0 Å². The Morgan fingerprint density at radius 1 is 1.21 bits per heavy atom. The summed E-state index contributed by atoms with van der Waals surface area (Å²) in [6.45, 7) is 3.99. The Morgan fingerprint density at radius 3 is 2.21 bits per heavy atom. The van der Waals surface area contributed by atoms with E-state index in [1.54, 1.807) is 20.9 Å². The van der Waals surface area contributed by atoms with Crippen molar-refractivity contribution in [1.82, 2.24) is 4.31 Å². The van der Waals surface area contributed by atoms with Crippen molar-refractivity contribution in [2.75, 3.05) is 19.5 Å². The topological polar surface area (TPSA) is 37.4 Å². The van der Waals surface area contributed by atoms with Crippen LogP contribution >= 0.6 is 11.6 Å². The Bertz CT molecular complexity index is 239. The highest BCUT2D eigenvalue weighted by Gasteiger charge is 2.21. The zero-order chi connectivity index (χ0) is 11.2. The summed E-state index contributed by atoms with van der Waals surface area (Å²) in [5, 5.41) is -0.333. The van der Waals surface area contributed by atoms with Gasteiger partial charge in [0.15, 0.2) is 0 Å². The molecule has 3 nitrogen and oxygen atoms in total. The molecule has 0 radical (unpaired) electrons. The van der Waals surface area contributed by atoms with E-state index in [0.29, 0.717) is 12.4 Å². The van der Waals surface area contributed by atoms with Crippen molar-refractivity contribution in [3.8, 4) is 0 Å². The zero-order valence-electron chi connectivity index (χ0n) is 9.16. The van der Waals surface area contributed by atoms with E-state index in [9.17, 15) is 8.42 Å². The van der Waals surface area contributed by atoms with Crippen LogP contribution in [0.5, 0.6) is 0 Å². The standard InChI is InChI=1S/C9H20ClNO2S/c1-9(2)14(12,13)11(3)8-6-4-5-7-10/h9H,4-8H2,1-3H3. The molecular weight excluding hydrogens is 222 g/mol. The summed E-state index contributed by atoms with van der Waals surface area (Å²) < 4.78 is 24.6. The van der Waals surface area contributed by atoms with E-state index in [4.69, 9.17) is 11.6 Å². The Labute approximate surface area is 92.5 Å². The van der Waals surface area contributed by atoms with E-state index in [1.165, 1.54) is 4.31 Å².